The number of nitrogens with one attached hydrogen (secondary N) is 1. The summed E-state index contributed by atoms with van der Waals surface area (Å²) in [5.41, 5.74) is 2.69. The zero-order chi connectivity index (χ0) is 19.2. The third-order valence-corrected chi connectivity index (χ3v) is 4.98. The van der Waals surface area contributed by atoms with Gasteiger partial charge in [0.25, 0.3) is 0 Å². The van der Waals surface area contributed by atoms with E-state index < -0.39 is 0 Å². The number of carbonyl (C=O) groups excluding carboxylic acids is 1. The highest BCUT2D eigenvalue weighted by Gasteiger charge is 2.14. The molecular weight excluding hydrogens is 368 g/mol. The van der Waals surface area contributed by atoms with Crippen molar-refractivity contribution in [1.82, 2.24) is 14.8 Å². The number of thioether (sulfide) groups is 1. The number of amides is 1. The molecule has 0 aliphatic carbocycles. The number of rotatable bonds is 6. The Morgan fingerprint density at radius 2 is 1.64 bits per heavy atom. The van der Waals surface area contributed by atoms with Crippen molar-refractivity contribution < 1.29 is 4.79 Å². The Hall–Kier alpha value is -3.38. The monoisotopic (exact) mass is 386 g/mol. The summed E-state index contributed by atoms with van der Waals surface area (Å²) >= 11 is 1.40. The number of carbonyl (C=O) groups is 1. The zero-order valence-corrected chi connectivity index (χ0v) is 15.8. The maximum Gasteiger partial charge on any atom is 0.235 e. The largest absolute Gasteiger partial charge is 0.310 e. The number of anilines is 1. The first-order chi connectivity index (χ1) is 13.8. The van der Waals surface area contributed by atoms with Crippen molar-refractivity contribution in [3.8, 4) is 16.9 Å². The quantitative estimate of drug-likeness (QED) is 0.490. The molecule has 4 rings (SSSR count). The second kappa shape index (κ2) is 8.54. The normalized spacial score (nSPS) is 10.6. The summed E-state index contributed by atoms with van der Waals surface area (Å²) in [6.07, 6.45) is 1.72. The van der Waals surface area contributed by atoms with Crippen molar-refractivity contribution >= 4 is 23.5 Å². The van der Waals surface area contributed by atoms with Gasteiger partial charge in [-0.25, -0.2) is 9.67 Å². The lowest BCUT2D eigenvalue weighted by Gasteiger charge is -2.08. The van der Waals surface area contributed by atoms with Crippen LogP contribution in [0.4, 0.5) is 5.82 Å². The predicted molar refractivity (Wildman–Crippen MR) is 113 cm³/mol. The van der Waals surface area contributed by atoms with E-state index in [4.69, 9.17) is 5.10 Å². The average molecular weight is 386 g/mol. The van der Waals surface area contributed by atoms with Crippen LogP contribution in [0.3, 0.4) is 0 Å². The van der Waals surface area contributed by atoms with E-state index in [-0.39, 0.29) is 11.7 Å². The number of aromatic nitrogens is 3. The van der Waals surface area contributed by atoms with Gasteiger partial charge in [0.15, 0.2) is 0 Å². The van der Waals surface area contributed by atoms with Gasteiger partial charge in [-0.3, -0.25) is 4.79 Å². The molecule has 138 valence electrons. The minimum absolute atomic E-state index is 0.104. The van der Waals surface area contributed by atoms with Gasteiger partial charge in [0.2, 0.25) is 5.91 Å². The summed E-state index contributed by atoms with van der Waals surface area (Å²) in [6, 6.07) is 27.2. The van der Waals surface area contributed by atoms with Crippen molar-refractivity contribution in [3.63, 3.8) is 0 Å². The average Bonchev–Trinajstić information content (AvgIpc) is 3.18. The lowest BCUT2D eigenvalue weighted by Crippen LogP contribution is -2.17. The van der Waals surface area contributed by atoms with E-state index in [1.165, 1.54) is 11.8 Å². The van der Waals surface area contributed by atoms with E-state index in [2.05, 4.69) is 10.3 Å². The van der Waals surface area contributed by atoms with Crippen molar-refractivity contribution in [3.05, 3.63) is 91.1 Å². The molecule has 2 aromatic heterocycles. The van der Waals surface area contributed by atoms with Gasteiger partial charge in [-0.15, -0.1) is 0 Å². The van der Waals surface area contributed by atoms with Crippen LogP contribution in [0, 0.1) is 0 Å². The first-order valence-electron chi connectivity index (χ1n) is 8.84. The smallest absolute Gasteiger partial charge is 0.235 e. The Morgan fingerprint density at radius 3 is 2.36 bits per heavy atom. The lowest BCUT2D eigenvalue weighted by atomic mass is 10.2. The van der Waals surface area contributed by atoms with Crippen LogP contribution in [0.2, 0.25) is 0 Å². The van der Waals surface area contributed by atoms with E-state index in [0.29, 0.717) is 5.82 Å². The minimum Gasteiger partial charge on any atom is -0.310 e. The van der Waals surface area contributed by atoms with E-state index in [1.54, 1.807) is 10.9 Å². The second-order valence-corrected chi connectivity index (χ2v) is 7.03. The molecule has 4 aromatic rings. The first-order valence-corrected chi connectivity index (χ1v) is 9.83. The van der Waals surface area contributed by atoms with Crippen LogP contribution in [-0.2, 0) is 4.79 Å². The van der Waals surface area contributed by atoms with Gasteiger partial charge in [-0.1, -0.05) is 66.4 Å². The molecule has 0 saturated carbocycles. The molecule has 0 bridgehead atoms. The maximum atomic E-state index is 12.5. The summed E-state index contributed by atoms with van der Waals surface area (Å²) in [5.74, 6) is 0.807. The number of para-hydroxylation sites is 1. The van der Waals surface area contributed by atoms with Crippen molar-refractivity contribution in [2.45, 2.75) is 5.03 Å². The van der Waals surface area contributed by atoms with Gasteiger partial charge in [0, 0.05) is 17.8 Å². The maximum absolute atomic E-state index is 12.5. The van der Waals surface area contributed by atoms with E-state index >= 15 is 0 Å². The highest BCUT2D eigenvalue weighted by Crippen LogP contribution is 2.25. The molecule has 0 aliphatic heterocycles. The Morgan fingerprint density at radius 1 is 0.929 bits per heavy atom. The zero-order valence-electron chi connectivity index (χ0n) is 15.0. The third kappa shape index (κ3) is 4.29. The Balaban J connectivity index is 1.58. The Labute approximate surface area is 167 Å². The van der Waals surface area contributed by atoms with Crippen molar-refractivity contribution in [1.29, 1.82) is 0 Å². The van der Waals surface area contributed by atoms with Gasteiger partial charge >= 0.3 is 0 Å². The number of benzene rings is 2. The molecule has 6 heteroatoms. The van der Waals surface area contributed by atoms with Gasteiger partial charge in [-0.2, -0.15) is 5.10 Å². The fourth-order valence-corrected chi connectivity index (χ4v) is 3.40. The molecule has 28 heavy (non-hydrogen) atoms. The van der Waals surface area contributed by atoms with Crippen LogP contribution >= 0.6 is 11.8 Å². The molecule has 5 nitrogen and oxygen atoms in total. The molecule has 2 aromatic carbocycles. The third-order valence-electron chi connectivity index (χ3n) is 4.04. The molecule has 0 aliphatic rings. The van der Waals surface area contributed by atoms with Gasteiger partial charge in [-0.05, 0) is 24.3 Å². The van der Waals surface area contributed by atoms with Crippen molar-refractivity contribution in [2.75, 3.05) is 11.1 Å². The van der Waals surface area contributed by atoms with Crippen molar-refractivity contribution in [2.24, 2.45) is 0 Å². The van der Waals surface area contributed by atoms with Gasteiger partial charge in [0.1, 0.15) is 5.82 Å². The lowest BCUT2D eigenvalue weighted by molar-refractivity contribution is -0.113. The Kier molecular flexibility index (Phi) is 5.49. The highest BCUT2D eigenvalue weighted by atomic mass is 32.2. The van der Waals surface area contributed by atoms with Crippen LogP contribution in [-0.4, -0.2) is 26.4 Å². The summed E-state index contributed by atoms with van der Waals surface area (Å²) in [4.78, 5) is 16.7. The molecule has 2 heterocycles. The fourth-order valence-electron chi connectivity index (χ4n) is 2.74. The van der Waals surface area contributed by atoms with Crippen LogP contribution in [0.1, 0.15) is 0 Å². The second-order valence-electron chi connectivity index (χ2n) is 6.03. The number of nitrogens with zero attached hydrogens (tertiary/aromatic N) is 3. The molecule has 0 fully saturated rings. The SMILES string of the molecule is O=C(CSc1ccccn1)Nc1cc(-c2ccccc2)nn1-c1ccccc1. The van der Waals surface area contributed by atoms with E-state index in [0.717, 1.165) is 22.0 Å². The molecule has 0 spiro atoms. The topological polar surface area (TPSA) is 59.8 Å². The summed E-state index contributed by atoms with van der Waals surface area (Å²) in [7, 11) is 0. The number of pyridine rings is 1. The molecule has 0 atom stereocenters. The first kappa shape index (κ1) is 18.0. The van der Waals surface area contributed by atoms with Crippen LogP contribution < -0.4 is 5.32 Å². The minimum atomic E-state index is -0.104. The molecule has 1 amide bonds. The van der Waals surface area contributed by atoms with Gasteiger partial charge < -0.3 is 5.32 Å². The number of hydrogen-bond acceptors (Lipinski definition) is 4. The number of hydrogen-bond donors (Lipinski definition) is 1. The Bertz CT molecular complexity index is 1050. The molecular formula is C22H18N4OS. The highest BCUT2D eigenvalue weighted by molar-refractivity contribution is 7.99. The van der Waals surface area contributed by atoms with Gasteiger partial charge in [0.05, 0.1) is 22.2 Å². The summed E-state index contributed by atoms with van der Waals surface area (Å²) in [5, 5.41) is 8.51. The molecule has 0 unspecified atom stereocenters. The molecule has 1 N–H and O–H groups in total. The van der Waals surface area contributed by atoms with E-state index in [1.807, 2.05) is 84.9 Å². The molecule has 0 saturated heterocycles. The van der Waals surface area contributed by atoms with Crippen LogP contribution in [0.5, 0.6) is 0 Å². The summed E-state index contributed by atoms with van der Waals surface area (Å²) in [6.45, 7) is 0. The van der Waals surface area contributed by atoms with Crippen LogP contribution in [0.15, 0.2) is 96.2 Å². The predicted octanol–water partition coefficient (Wildman–Crippen LogP) is 4.67. The molecule has 0 radical (unpaired) electrons. The summed E-state index contributed by atoms with van der Waals surface area (Å²) < 4.78 is 1.76. The standard InChI is InChI=1S/C22H18N4OS/c27-21(16-28-22-13-7-8-14-23-22)24-20-15-19(17-9-3-1-4-10-17)25-26(20)18-11-5-2-6-12-18/h1-15H,16H2,(H,24,27). The fraction of sp³-hybridized carbons (Fsp3) is 0.0455. The van der Waals surface area contributed by atoms with E-state index in [9.17, 15) is 4.79 Å². The van der Waals surface area contributed by atoms with Crippen LogP contribution in [0.25, 0.3) is 16.9 Å².